The van der Waals surface area contributed by atoms with Gasteiger partial charge >= 0.3 is 0 Å². The van der Waals surface area contributed by atoms with Crippen molar-refractivity contribution in [2.45, 2.75) is 62.2 Å². The Bertz CT molecular complexity index is 2970. The van der Waals surface area contributed by atoms with Crippen LogP contribution in [0.15, 0.2) is 119 Å². The van der Waals surface area contributed by atoms with E-state index in [1.807, 2.05) is 24.3 Å². The van der Waals surface area contributed by atoms with E-state index in [-0.39, 0.29) is 31.6 Å². The number of halogens is 3. The van der Waals surface area contributed by atoms with Gasteiger partial charge in [-0.25, -0.2) is 36.2 Å². The summed E-state index contributed by atoms with van der Waals surface area (Å²) in [7, 11) is -7.71. The van der Waals surface area contributed by atoms with Crippen LogP contribution in [0, 0.1) is 0 Å². The number of benzene rings is 4. The predicted molar refractivity (Wildman–Crippen MR) is 245 cm³/mol. The van der Waals surface area contributed by atoms with Crippen molar-refractivity contribution in [2.75, 3.05) is 15.2 Å². The zero-order chi connectivity index (χ0) is 44.8. The lowest BCUT2D eigenvalue weighted by Gasteiger charge is -2.19. The molecule has 0 spiro atoms. The third kappa shape index (κ3) is 9.31. The fraction of sp³-hybridized carbons (Fsp3) is 0.190. The fourth-order valence-corrected chi connectivity index (χ4v) is 8.93. The van der Waals surface area contributed by atoms with Crippen LogP contribution in [0.1, 0.15) is 52.7 Å². The maximum atomic E-state index is 13.1. The Morgan fingerprint density at radius 2 is 0.952 bits per heavy atom. The number of rotatable bonds is 8. The number of pyridine rings is 2. The van der Waals surface area contributed by atoms with E-state index in [1.54, 1.807) is 72.8 Å². The average molecular weight is 933 g/mol. The van der Waals surface area contributed by atoms with Gasteiger partial charge in [0.15, 0.2) is 22.0 Å². The van der Waals surface area contributed by atoms with E-state index in [2.05, 4.69) is 81.6 Å². The van der Waals surface area contributed by atoms with Crippen LogP contribution in [0.4, 0.5) is 17.2 Å². The molecular weight excluding hydrogens is 893 g/mol. The number of sulfonamides is 2. The number of fused-ring (bicyclic) bond motifs is 2. The molecule has 62 heavy (non-hydrogen) atoms. The molecule has 320 valence electrons. The summed E-state index contributed by atoms with van der Waals surface area (Å²) in [5.74, 6) is 0.229. The zero-order valence-electron chi connectivity index (χ0n) is 34.1. The first-order chi connectivity index (χ1) is 29.1. The number of nitrogens with zero attached hydrogens (tertiary/aromatic N) is 8. The molecule has 0 atom stereocenters. The summed E-state index contributed by atoms with van der Waals surface area (Å²) >= 11 is 18.5. The maximum absolute atomic E-state index is 13.1. The molecule has 0 saturated heterocycles. The minimum atomic E-state index is -3.86. The molecule has 0 radical (unpaired) electrons. The van der Waals surface area contributed by atoms with Crippen molar-refractivity contribution in [1.29, 1.82) is 0 Å². The highest BCUT2D eigenvalue weighted by Gasteiger charge is 2.23. The van der Waals surface area contributed by atoms with Crippen LogP contribution < -0.4 is 15.2 Å². The number of hydrogen-bond donors (Lipinski definition) is 3. The maximum Gasteiger partial charge on any atom is 0.261 e. The molecule has 4 N–H and O–H groups in total. The highest BCUT2D eigenvalue weighted by atomic mass is 35.5. The first-order valence-corrected chi connectivity index (χ1v) is 22.9. The second-order valence-corrected chi connectivity index (χ2v) is 20.7. The fourth-order valence-electron chi connectivity index (χ4n) is 6.25. The molecule has 15 nitrogen and oxygen atoms in total. The van der Waals surface area contributed by atoms with Gasteiger partial charge in [0.25, 0.3) is 20.0 Å². The Morgan fingerprint density at radius 1 is 0.548 bits per heavy atom. The molecule has 8 rings (SSSR count). The Kier molecular flexibility index (Phi) is 12.0. The number of hydrogen-bond acceptors (Lipinski definition) is 11. The lowest BCUT2D eigenvalue weighted by Crippen LogP contribution is -2.16. The molecule has 0 unspecified atom stereocenters. The van der Waals surface area contributed by atoms with Crippen molar-refractivity contribution in [2.24, 2.45) is 0 Å². The molecule has 0 bridgehead atoms. The second-order valence-electron chi connectivity index (χ2n) is 16.1. The van der Waals surface area contributed by atoms with E-state index in [0.717, 1.165) is 11.1 Å². The van der Waals surface area contributed by atoms with Crippen LogP contribution in [-0.2, 0) is 30.9 Å². The molecule has 4 heterocycles. The molecule has 4 aromatic carbocycles. The highest BCUT2D eigenvalue weighted by molar-refractivity contribution is 7.93. The van der Waals surface area contributed by atoms with Gasteiger partial charge in [-0.2, -0.15) is 0 Å². The van der Waals surface area contributed by atoms with Crippen molar-refractivity contribution < 1.29 is 16.8 Å². The van der Waals surface area contributed by atoms with Crippen LogP contribution in [0.25, 0.3) is 33.4 Å². The van der Waals surface area contributed by atoms with Crippen molar-refractivity contribution in [3.05, 3.63) is 136 Å². The monoisotopic (exact) mass is 931 g/mol. The first-order valence-electron chi connectivity index (χ1n) is 18.8. The minimum Gasteiger partial charge on any atom is -0.382 e. The van der Waals surface area contributed by atoms with E-state index < -0.39 is 20.0 Å². The Hall–Kier alpha value is -5.85. The molecule has 0 aliphatic carbocycles. The van der Waals surface area contributed by atoms with Crippen LogP contribution >= 0.6 is 34.8 Å². The molecule has 0 aliphatic rings. The Labute approximate surface area is 373 Å². The van der Waals surface area contributed by atoms with Gasteiger partial charge in [0.2, 0.25) is 0 Å². The van der Waals surface area contributed by atoms with Gasteiger partial charge in [-0.1, -0.05) is 111 Å². The summed E-state index contributed by atoms with van der Waals surface area (Å²) in [6.45, 7) is 12.4. The normalized spacial score (nSPS) is 12.3. The van der Waals surface area contributed by atoms with Crippen molar-refractivity contribution in [3.8, 4) is 11.4 Å². The van der Waals surface area contributed by atoms with Crippen LogP contribution in [0.3, 0.4) is 0 Å². The highest BCUT2D eigenvalue weighted by Crippen LogP contribution is 2.33. The second kappa shape index (κ2) is 16.8. The van der Waals surface area contributed by atoms with Crippen LogP contribution in [-0.4, -0.2) is 56.8 Å². The van der Waals surface area contributed by atoms with Gasteiger partial charge in [0.1, 0.15) is 5.52 Å². The lowest BCUT2D eigenvalue weighted by molar-refractivity contribution is 0.587. The molecule has 20 heteroatoms. The average Bonchev–Trinajstić information content (AvgIpc) is 3.85. The van der Waals surface area contributed by atoms with Crippen molar-refractivity contribution in [1.82, 2.24) is 40.0 Å². The third-order valence-electron chi connectivity index (χ3n) is 9.64. The third-order valence-corrected chi connectivity index (χ3v) is 13.1. The van der Waals surface area contributed by atoms with E-state index >= 15 is 0 Å². The molecule has 0 fully saturated rings. The summed E-state index contributed by atoms with van der Waals surface area (Å²) in [6.07, 6.45) is 3.05. The molecule has 0 aliphatic heterocycles. The molecular formula is C42H40Cl3N11O4S2. The summed E-state index contributed by atoms with van der Waals surface area (Å²) in [5.41, 5.74) is 11.2. The van der Waals surface area contributed by atoms with E-state index in [4.69, 9.17) is 40.5 Å². The van der Waals surface area contributed by atoms with Gasteiger partial charge in [-0.05, 0) is 94.8 Å². The largest absolute Gasteiger partial charge is 0.382 e. The first kappa shape index (κ1) is 44.2. The molecule has 8 aromatic rings. The predicted octanol–water partition coefficient (Wildman–Crippen LogP) is 9.37. The molecule has 0 amide bonds. The molecule has 4 aromatic heterocycles. The quantitative estimate of drug-likeness (QED) is 0.122. The minimum absolute atomic E-state index is 0.0794. The summed E-state index contributed by atoms with van der Waals surface area (Å²) < 4.78 is 60.5. The van der Waals surface area contributed by atoms with E-state index in [1.165, 1.54) is 21.8 Å². The number of nitrogens with two attached hydrogens (primary N) is 1. The van der Waals surface area contributed by atoms with Gasteiger partial charge in [-0.15, -0.1) is 10.2 Å². The summed E-state index contributed by atoms with van der Waals surface area (Å²) in [5, 5.41) is 17.4. The van der Waals surface area contributed by atoms with Crippen molar-refractivity contribution in [3.63, 3.8) is 0 Å². The van der Waals surface area contributed by atoms with Crippen LogP contribution in [0.5, 0.6) is 0 Å². The number of aromatic nitrogens is 8. The van der Waals surface area contributed by atoms with Crippen molar-refractivity contribution >= 4 is 94.1 Å². The van der Waals surface area contributed by atoms with Gasteiger partial charge in [0, 0.05) is 22.4 Å². The number of anilines is 3. The Balaban J connectivity index is 0.000000186. The van der Waals surface area contributed by atoms with E-state index in [0.29, 0.717) is 54.9 Å². The van der Waals surface area contributed by atoms with Gasteiger partial charge in [0.05, 0.1) is 38.1 Å². The van der Waals surface area contributed by atoms with Gasteiger partial charge < -0.3 is 5.73 Å². The smallest absolute Gasteiger partial charge is 0.261 e. The number of nitrogen functional groups attached to an aromatic ring is 1. The van der Waals surface area contributed by atoms with Crippen LogP contribution in [0.2, 0.25) is 15.2 Å². The summed E-state index contributed by atoms with van der Waals surface area (Å²) in [6, 6.07) is 26.6. The lowest BCUT2D eigenvalue weighted by atomic mass is 9.87. The molecule has 0 saturated carbocycles. The van der Waals surface area contributed by atoms with Gasteiger partial charge in [-0.3, -0.25) is 9.44 Å². The standard InChI is InChI=1S/C21H19Cl2N5O2S.C21H21ClN6O2S/c2*1-21(2,3)13-4-7-15(8-5-13)31(29,30)26-16-9-6-14(22)12-18(16)28-17-10-11-24-20(23)19(17)25-27-28/h4-12,26H,1-3H3;4-12,26H,1-3H3,(H2,23,24). The number of nitrogens with one attached hydrogen (secondary N) is 2. The van der Waals surface area contributed by atoms with E-state index in [9.17, 15) is 16.8 Å². The summed E-state index contributed by atoms with van der Waals surface area (Å²) in [4.78, 5) is 8.29. The SMILES string of the molecule is CC(C)(C)c1ccc(S(=O)(=O)Nc2ccc(Cl)cc2-n2nnc3c(Cl)nccc32)cc1.CC(C)(C)c1ccc(S(=O)(=O)Nc2ccc(Cl)cc2-n2nnc3c(N)nccc32)cc1. The Morgan fingerprint density at radius 3 is 1.39 bits per heavy atom. The zero-order valence-corrected chi connectivity index (χ0v) is 38.0. The topological polar surface area (TPSA) is 206 Å².